The largest absolute Gasteiger partial charge is 0.314 e. The van der Waals surface area contributed by atoms with Crippen molar-refractivity contribution >= 4 is 0 Å². The second-order valence-corrected chi connectivity index (χ2v) is 4.16. The summed E-state index contributed by atoms with van der Waals surface area (Å²) < 4.78 is 0. The summed E-state index contributed by atoms with van der Waals surface area (Å²) in [4.78, 5) is 11.3. The number of hydrogen-bond donors (Lipinski definition) is 1. The molecule has 0 atom stereocenters. The normalized spacial score (nSPS) is 17.6. The number of aryl methyl sites for hydroxylation is 1. The molecule has 4 heteroatoms. The van der Waals surface area contributed by atoms with Gasteiger partial charge in [-0.1, -0.05) is 6.92 Å². The fraction of sp³-hybridized carbons (Fsp3) is 0.667. The zero-order valence-electron chi connectivity index (χ0n) is 9.95. The monoisotopic (exact) mass is 220 g/mol. The Morgan fingerprint density at radius 2 is 2.19 bits per heavy atom. The van der Waals surface area contributed by atoms with Crippen LogP contribution >= 0.6 is 0 Å². The molecule has 1 saturated heterocycles. The number of hydrogen-bond acceptors (Lipinski definition) is 4. The van der Waals surface area contributed by atoms with Crippen molar-refractivity contribution in [1.82, 2.24) is 20.2 Å². The van der Waals surface area contributed by atoms with Crippen LogP contribution in [-0.4, -0.2) is 47.6 Å². The number of rotatable bonds is 4. The van der Waals surface area contributed by atoms with Gasteiger partial charge in [-0.25, -0.2) is 9.97 Å². The van der Waals surface area contributed by atoms with Crippen LogP contribution in [0.3, 0.4) is 0 Å². The zero-order valence-corrected chi connectivity index (χ0v) is 9.95. The third kappa shape index (κ3) is 3.25. The fourth-order valence-electron chi connectivity index (χ4n) is 1.95. The Hall–Kier alpha value is -1.00. The summed E-state index contributed by atoms with van der Waals surface area (Å²) in [6.45, 7) is 7.71. The van der Waals surface area contributed by atoms with Crippen molar-refractivity contribution in [3.8, 4) is 0 Å². The van der Waals surface area contributed by atoms with E-state index in [9.17, 15) is 0 Å². The number of piperazine rings is 1. The molecule has 2 heterocycles. The number of nitrogens with one attached hydrogen (secondary N) is 1. The van der Waals surface area contributed by atoms with E-state index in [0.29, 0.717) is 0 Å². The topological polar surface area (TPSA) is 41.1 Å². The van der Waals surface area contributed by atoms with Crippen LogP contribution in [0.25, 0.3) is 0 Å². The highest BCUT2D eigenvalue weighted by Gasteiger charge is 2.09. The highest BCUT2D eigenvalue weighted by atomic mass is 15.2. The van der Waals surface area contributed by atoms with Crippen LogP contribution in [0.4, 0.5) is 0 Å². The van der Waals surface area contributed by atoms with Gasteiger partial charge in [0.05, 0.1) is 0 Å². The average molecular weight is 220 g/mol. The minimum Gasteiger partial charge on any atom is -0.314 e. The maximum atomic E-state index is 4.52. The van der Waals surface area contributed by atoms with Gasteiger partial charge < -0.3 is 10.2 Å². The highest BCUT2D eigenvalue weighted by Crippen LogP contribution is 2.00. The Labute approximate surface area is 97.1 Å². The molecule has 0 aliphatic carbocycles. The number of nitrogens with zero attached hydrogens (tertiary/aromatic N) is 3. The van der Waals surface area contributed by atoms with E-state index in [-0.39, 0.29) is 0 Å². The van der Waals surface area contributed by atoms with E-state index in [1.807, 2.05) is 12.3 Å². The fourth-order valence-corrected chi connectivity index (χ4v) is 1.95. The smallest absolute Gasteiger partial charge is 0.129 e. The Bertz CT molecular complexity index is 321. The number of aromatic nitrogens is 2. The van der Waals surface area contributed by atoms with Crippen molar-refractivity contribution in [3.05, 3.63) is 23.8 Å². The SMILES string of the molecule is CCc1ccnc(CCN2CCNCC2)n1. The molecule has 0 amide bonds. The summed E-state index contributed by atoms with van der Waals surface area (Å²) >= 11 is 0. The predicted molar refractivity (Wildman–Crippen MR) is 64.4 cm³/mol. The zero-order chi connectivity index (χ0) is 11.2. The Balaban J connectivity index is 1.83. The van der Waals surface area contributed by atoms with E-state index in [4.69, 9.17) is 0 Å². The van der Waals surface area contributed by atoms with Gasteiger partial charge in [0.25, 0.3) is 0 Å². The van der Waals surface area contributed by atoms with Crippen LogP contribution in [-0.2, 0) is 12.8 Å². The van der Waals surface area contributed by atoms with Crippen LogP contribution in [0, 0.1) is 0 Å². The third-order valence-corrected chi connectivity index (χ3v) is 2.99. The molecule has 0 aromatic carbocycles. The first-order valence-corrected chi connectivity index (χ1v) is 6.12. The molecular formula is C12H20N4. The van der Waals surface area contributed by atoms with Gasteiger partial charge in [-0.2, -0.15) is 0 Å². The standard InChI is InChI=1S/C12H20N4/c1-2-11-3-5-14-12(15-11)4-8-16-9-6-13-7-10-16/h3,5,13H,2,4,6-10H2,1H3. The van der Waals surface area contributed by atoms with Gasteiger partial charge in [-0.05, 0) is 12.5 Å². The summed E-state index contributed by atoms with van der Waals surface area (Å²) in [5.74, 6) is 0.984. The molecule has 88 valence electrons. The molecular weight excluding hydrogens is 200 g/mol. The van der Waals surface area contributed by atoms with Crippen molar-refractivity contribution in [2.45, 2.75) is 19.8 Å². The summed E-state index contributed by atoms with van der Waals surface area (Å²) in [6.07, 6.45) is 3.83. The Morgan fingerprint density at radius 1 is 1.38 bits per heavy atom. The Kier molecular flexibility index (Phi) is 4.25. The molecule has 0 radical (unpaired) electrons. The molecule has 0 saturated carbocycles. The predicted octanol–water partition coefficient (Wildman–Crippen LogP) is 0.487. The quantitative estimate of drug-likeness (QED) is 0.801. The lowest BCUT2D eigenvalue weighted by Gasteiger charge is -2.26. The molecule has 1 aliphatic rings. The third-order valence-electron chi connectivity index (χ3n) is 2.99. The molecule has 0 bridgehead atoms. The van der Waals surface area contributed by atoms with E-state index in [0.717, 1.165) is 57.1 Å². The molecule has 1 fully saturated rings. The summed E-state index contributed by atoms with van der Waals surface area (Å²) in [6, 6.07) is 1.99. The van der Waals surface area contributed by atoms with Crippen molar-refractivity contribution in [2.24, 2.45) is 0 Å². The maximum absolute atomic E-state index is 4.52. The summed E-state index contributed by atoms with van der Waals surface area (Å²) in [5, 5.41) is 3.36. The summed E-state index contributed by atoms with van der Waals surface area (Å²) in [5.41, 5.74) is 1.14. The Morgan fingerprint density at radius 3 is 2.94 bits per heavy atom. The maximum Gasteiger partial charge on any atom is 0.129 e. The van der Waals surface area contributed by atoms with Gasteiger partial charge in [0.15, 0.2) is 0 Å². The first kappa shape index (κ1) is 11.5. The van der Waals surface area contributed by atoms with Crippen LogP contribution in [0.1, 0.15) is 18.4 Å². The van der Waals surface area contributed by atoms with Crippen molar-refractivity contribution in [1.29, 1.82) is 0 Å². The minimum atomic E-state index is 0.966. The molecule has 2 rings (SSSR count). The van der Waals surface area contributed by atoms with E-state index >= 15 is 0 Å². The second-order valence-electron chi connectivity index (χ2n) is 4.16. The molecule has 1 aromatic rings. The highest BCUT2D eigenvalue weighted by molar-refractivity contribution is 5.02. The van der Waals surface area contributed by atoms with Crippen LogP contribution in [0.2, 0.25) is 0 Å². The lowest BCUT2D eigenvalue weighted by atomic mass is 10.3. The van der Waals surface area contributed by atoms with Crippen LogP contribution in [0.5, 0.6) is 0 Å². The molecule has 1 aliphatic heterocycles. The second kappa shape index (κ2) is 5.92. The van der Waals surface area contributed by atoms with E-state index in [2.05, 4.69) is 27.1 Å². The average Bonchev–Trinajstić information content (AvgIpc) is 2.38. The molecule has 1 aromatic heterocycles. The van der Waals surface area contributed by atoms with Gasteiger partial charge >= 0.3 is 0 Å². The molecule has 4 nitrogen and oxygen atoms in total. The summed E-state index contributed by atoms with van der Waals surface area (Å²) in [7, 11) is 0. The van der Waals surface area contributed by atoms with Crippen molar-refractivity contribution in [2.75, 3.05) is 32.7 Å². The lowest BCUT2D eigenvalue weighted by Crippen LogP contribution is -2.44. The minimum absolute atomic E-state index is 0.966. The molecule has 0 unspecified atom stereocenters. The molecule has 16 heavy (non-hydrogen) atoms. The first-order chi connectivity index (χ1) is 7.88. The van der Waals surface area contributed by atoms with Crippen molar-refractivity contribution < 1.29 is 0 Å². The van der Waals surface area contributed by atoms with Gasteiger partial charge in [0.2, 0.25) is 0 Å². The van der Waals surface area contributed by atoms with Gasteiger partial charge in [-0.3, -0.25) is 0 Å². The van der Waals surface area contributed by atoms with Gasteiger partial charge in [0, 0.05) is 51.0 Å². The first-order valence-electron chi connectivity index (χ1n) is 6.12. The molecule has 0 spiro atoms. The van der Waals surface area contributed by atoms with Crippen molar-refractivity contribution in [3.63, 3.8) is 0 Å². The lowest BCUT2D eigenvalue weighted by molar-refractivity contribution is 0.242. The van der Waals surface area contributed by atoms with E-state index in [1.54, 1.807) is 0 Å². The van der Waals surface area contributed by atoms with Crippen LogP contribution in [0.15, 0.2) is 12.3 Å². The molecule has 1 N–H and O–H groups in total. The van der Waals surface area contributed by atoms with Crippen LogP contribution < -0.4 is 5.32 Å². The van der Waals surface area contributed by atoms with E-state index in [1.165, 1.54) is 0 Å². The van der Waals surface area contributed by atoms with E-state index < -0.39 is 0 Å². The van der Waals surface area contributed by atoms with Gasteiger partial charge in [0.1, 0.15) is 5.82 Å². The van der Waals surface area contributed by atoms with Gasteiger partial charge in [-0.15, -0.1) is 0 Å².